The van der Waals surface area contributed by atoms with E-state index in [0.717, 1.165) is 24.5 Å². The number of benzene rings is 1. The fourth-order valence-electron chi connectivity index (χ4n) is 2.04. The van der Waals surface area contributed by atoms with Gasteiger partial charge in [0.15, 0.2) is 0 Å². The Kier molecular flexibility index (Phi) is 4.75. The van der Waals surface area contributed by atoms with E-state index in [1.165, 1.54) is 5.56 Å². The van der Waals surface area contributed by atoms with Gasteiger partial charge in [0.2, 0.25) is 0 Å². The Morgan fingerprint density at radius 2 is 1.89 bits per heavy atom. The average molecular weight is 257 g/mol. The number of para-hydroxylation sites is 2. The molecule has 0 aliphatic heterocycles. The van der Waals surface area contributed by atoms with Gasteiger partial charge in [0, 0.05) is 32.0 Å². The first-order valence-electron chi connectivity index (χ1n) is 6.32. The highest BCUT2D eigenvalue weighted by Crippen LogP contribution is 2.28. The van der Waals surface area contributed by atoms with Crippen molar-refractivity contribution in [1.29, 1.82) is 0 Å². The minimum absolute atomic E-state index is 0.600. The maximum absolute atomic E-state index is 5.72. The van der Waals surface area contributed by atoms with Crippen LogP contribution in [-0.4, -0.2) is 25.2 Å². The number of nitrogens with two attached hydrogens (primary N) is 1. The number of methoxy groups -OCH3 is 1. The molecule has 1 aromatic carbocycles. The summed E-state index contributed by atoms with van der Waals surface area (Å²) in [5.41, 5.74) is 7.98. The molecule has 0 unspecified atom stereocenters. The number of anilines is 1. The number of hydrogen-bond acceptors (Lipinski definition) is 4. The fraction of sp³-hybridized carbons (Fsp3) is 0.267. The second-order valence-electron chi connectivity index (χ2n) is 4.24. The molecule has 0 bridgehead atoms. The van der Waals surface area contributed by atoms with E-state index in [9.17, 15) is 0 Å². The first kappa shape index (κ1) is 13.4. The lowest BCUT2D eigenvalue weighted by molar-refractivity contribution is 0.414. The van der Waals surface area contributed by atoms with Crippen molar-refractivity contribution in [1.82, 2.24) is 4.98 Å². The van der Waals surface area contributed by atoms with Crippen LogP contribution >= 0.6 is 0 Å². The van der Waals surface area contributed by atoms with E-state index in [-0.39, 0.29) is 0 Å². The SMILES string of the molecule is COc1ccccc1N(CCN)Cc1ccncc1. The first-order chi connectivity index (χ1) is 9.35. The maximum Gasteiger partial charge on any atom is 0.142 e. The number of rotatable bonds is 6. The summed E-state index contributed by atoms with van der Waals surface area (Å²) < 4.78 is 5.42. The van der Waals surface area contributed by atoms with Crippen LogP contribution in [0.25, 0.3) is 0 Å². The van der Waals surface area contributed by atoms with Gasteiger partial charge in [-0.1, -0.05) is 12.1 Å². The lowest BCUT2D eigenvalue weighted by atomic mass is 10.2. The Morgan fingerprint density at radius 3 is 2.58 bits per heavy atom. The zero-order chi connectivity index (χ0) is 13.5. The summed E-state index contributed by atoms with van der Waals surface area (Å²) >= 11 is 0. The van der Waals surface area contributed by atoms with Gasteiger partial charge in [-0.3, -0.25) is 4.98 Å². The monoisotopic (exact) mass is 257 g/mol. The Balaban J connectivity index is 2.24. The van der Waals surface area contributed by atoms with Crippen molar-refractivity contribution in [3.63, 3.8) is 0 Å². The molecule has 0 aliphatic rings. The topological polar surface area (TPSA) is 51.4 Å². The van der Waals surface area contributed by atoms with Gasteiger partial charge in [-0.2, -0.15) is 0 Å². The Hall–Kier alpha value is -2.07. The summed E-state index contributed by atoms with van der Waals surface area (Å²) in [6.07, 6.45) is 3.61. The van der Waals surface area contributed by atoms with Crippen LogP contribution in [0.1, 0.15) is 5.56 Å². The highest BCUT2D eigenvalue weighted by Gasteiger charge is 2.11. The zero-order valence-corrected chi connectivity index (χ0v) is 11.1. The van der Waals surface area contributed by atoms with Crippen LogP contribution in [0, 0.1) is 0 Å². The summed E-state index contributed by atoms with van der Waals surface area (Å²) in [5.74, 6) is 0.866. The van der Waals surface area contributed by atoms with Crippen LogP contribution in [0.15, 0.2) is 48.8 Å². The van der Waals surface area contributed by atoms with Crippen molar-refractivity contribution in [3.8, 4) is 5.75 Å². The Morgan fingerprint density at radius 1 is 1.16 bits per heavy atom. The zero-order valence-electron chi connectivity index (χ0n) is 11.1. The number of nitrogens with zero attached hydrogens (tertiary/aromatic N) is 2. The molecule has 1 aromatic heterocycles. The van der Waals surface area contributed by atoms with Gasteiger partial charge in [0.1, 0.15) is 5.75 Å². The minimum atomic E-state index is 0.600. The van der Waals surface area contributed by atoms with Gasteiger partial charge < -0.3 is 15.4 Å². The van der Waals surface area contributed by atoms with Crippen LogP contribution in [0.4, 0.5) is 5.69 Å². The third-order valence-corrected chi connectivity index (χ3v) is 2.95. The van der Waals surface area contributed by atoms with Crippen molar-refractivity contribution >= 4 is 5.69 Å². The molecule has 4 nitrogen and oxygen atoms in total. The molecule has 0 saturated carbocycles. The molecule has 0 fully saturated rings. The van der Waals surface area contributed by atoms with Crippen LogP contribution in [0.2, 0.25) is 0 Å². The molecular weight excluding hydrogens is 238 g/mol. The molecule has 0 aliphatic carbocycles. The molecule has 2 aromatic rings. The molecule has 0 amide bonds. The second kappa shape index (κ2) is 6.75. The van der Waals surface area contributed by atoms with Gasteiger partial charge in [-0.15, -0.1) is 0 Å². The van der Waals surface area contributed by atoms with Crippen molar-refractivity contribution in [3.05, 3.63) is 54.4 Å². The molecule has 0 spiro atoms. The molecular formula is C15H19N3O. The maximum atomic E-state index is 5.72. The van der Waals surface area contributed by atoms with E-state index in [4.69, 9.17) is 10.5 Å². The first-order valence-corrected chi connectivity index (χ1v) is 6.32. The van der Waals surface area contributed by atoms with Gasteiger partial charge in [-0.25, -0.2) is 0 Å². The fourth-order valence-corrected chi connectivity index (χ4v) is 2.04. The molecule has 19 heavy (non-hydrogen) atoms. The van der Waals surface area contributed by atoms with Crippen LogP contribution < -0.4 is 15.4 Å². The summed E-state index contributed by atoms with van der Waals surface area (Å²) in [6, 6.07) is 12.0. The smallest absolute Gasteiger partial charge is 0.142 e. The molecule has 2 rings (SSSR count). The van der Waals surface area contributed by atoms with Crippen LogP contribution in [0.5, 0.6) is 5.75 Å². The quantitative estimate of drug-likeness (QED) is 0.860. The predicted molar refractivity (Wildman–Crippen MR) is 77.3 cm³/mol. The Bertz CT molecular complexity index is 502. The third-order valence-electron chi connectivity index (χ3n) is 2.95. The number of pyridine rings is 1. The van der Waals surface area contributed by atoms with E-state index < -0.39 is 0 Å². The standard InChI is InChI=1S/C15H19N3O/c1-19-15-5-3-2-4-14(15)18(11-8-16)12-13-6-9-17-10-7-13/h2-7,9-10H,8,11-12,16H2,1H3. The van der Waals surface area contributed by atoms with Gasteiger partial charge in [0.05, 0.1) is 12.8 Å². The normalized spacial score (nSPS) is 10.2. The van der Waals surface area contributed by atoms with E-state index in [0.29, 0.717) is 6.54 Å². The molecule has 0 atom stereocenters. The number of ether oxygens (including phenoxy) is 1. The van der Waals surface area contributed by atoms with Gasteiger partial charge >= 0.3 is 0 Å². The van der Waals surface area contributed by atoms with Crippen molar-refractivity contribution in [2.75, 3.05) is 25.1 Å². The van der Waals surface area contributed by atoms with Crippen molar-refractivity contribution in [2.45, 2.75) is 6.54 Å². The lowest BCUT2D eigenvalue weighted by Crippen LogP contribution is -2.29. The minimum Gasteiger partial charge on any atom is -0.495 e. The summed E-state index contributed by atoms with van der Waals surface area (Å²) in [4.78, 5) is 6.25. The molecule has 100 valence electrons. The van der Waals surface area contributed by atoms with E-state index >= 15 is 0 Å². The van der Waals surface area contributed by atoms with E-state index in [1.54, 1.807) is 19.5 Å². The summed E-state index contributed by atoms with van der Waals surface area (Å²) in [5, 5.41) is 0. The van der Waals surface area contributed by atoms with Crippen LogP contribution in [0.3, 0.4) is 0 Å². The molecule has 4 heteroatoms. The number of hydrogen-bond donors (Lipinski definition) is 1. The second-order valence-corrected chi connectivity index (χ2v) is 4.24. The van der Waals surface area contributed by atoms with Crippen molar-refractivity contribution < 1.29 is 4.74 Å². The predicted octanol–water partition coefficient (Wildman–Crippen LogP) is 2.06. The van der Waals surface area contributed by atoms with E-state index in [2.05, 4.69) is 16.0 Å². The molecule has 2 N–H and O–H groups in total. The summed E-state index contributed by atoms with van der Waals surface area (Å²) in [7, 11) is 1.69. The van der Waals surface area contributed by atoms with E-state index in [1.807, 2.05) is 30.3 Å². The highest BCUT2D eigenvalue weighted by atomic mass is 16.5. The largest absolute Gasteiger partial charge is 0.495 e. The molecule has 0 saturated heterocycles. The molecule has 1 heterocycles. The Labute approximate surface area is 113 Å². The third kappa shape index (κ3) is 3.45. The summed E-state index contributed by atoms with van der Waals surface area (Å²) in [6.45, 7) is 2.17. The van der Waals surface area contributed by atoms with Crippen LogP contribution in [-0.2, 0) is 6.54 Å². The molecule has 0 radical (unpaired) electrons. The van der Waals surface area contributed by atoms with Gasteiger partial charge in [0.25, 0.3) is 0 Å². The average Bonchev–Trinajstić information content (AvgIpc) is 2.48. The number of aromatic nitrogens is 1. The lowest BCUT2D eigenvalue weighted by Gasteiger charge is -2.26. The van der Waals surface area contributed by atoms with Gasteiger partial charge in [-0.05, 0) is 29.8 Å². The van der Waals surface area contributed by atoms with Crippen molar-refractivity contribution in [2.24, 2.45) is 5.73 Å². The highest BCUT2D eigenvalue weighted by molar-refractivity contribution is 5.58.